The fraction of sp³-hybridized carbons (Fsp3) is 0.333. The standard InChI is InChI=1S/C12H13.Al/c1-10(11-6-2-3-7-11)12-8-4-5-9-12;/h2-6,8,10H,1,7,9H2;. The van der Waals surface area contributed by atoms with Crippen LogP contribution >= 0.6 is 0 Å². The van der Waals surface area contributed by atoms with E-state index in [1.165, 1.54) is 0 Å². The molecule has 0 heterocycles. The highest BCUT2D eigenvalue weighted by atomic mass is 27.0. The summed E-state index contributed by atoms with van der Waals surface area (Å²) >= 11 is 2.87. The van der Waals surface area contributed by atoms with Crippen LogP contribution in [0.5, 0.6) is 0 Å². The van der Waals surface area contributed by atoms with Gasteiger partial charge in [0, 0.05) is 0 Å². The lowest BCUT2D eigenvalue weighted by Gasteiger charge is -2.18. The van der Waals surface area contributed by atoms with Crippen molar-refractivity contribution in [3.8, 4) is 0 Å². The summed E-state index contributed by atoms with van der Waals surface area (Å²) in [6.45, 7) is 0. The minimum absolute atomic E-state index is 0.662. The second kappa shape index (κ2) is 4.13. The van der Waals surface area contributed by atoms with Crippen molar-refractivity contribution in [3.63, 3.8) is 0 Å². The van der Waals surface area contributed by atoms with E-state index >= 15 is 0 Å². The third-order valence-electron chi connectivity index (χ3n) is 2.73. The molecule has 13 heavy (non-hydrogen) atoms. The molecule has 64 valence electrons. The highest BCUT2D eigenvalue weighted by Gasteiger charge is 2.17. The first kappa shape index (κ1) is 9.06. The molecule has 0 aromatic carbocycles. The lowest BCUT2D eigenvalue weighted by atomic mass is 9.91. The normalized spacial score (nSPS) is 19.8. The van der Waals surface area contributed by atoms with E-state index < -0.39 is 0 Å². The van der Waals surface area contributed by atoms with Gasteiger partial charge in [-0.2, -0.15) is 0 Å². The Bertz CT molecular complexity index is 275. The summed E-state index contributed by atoms with van der Waals surface area (Å²) < 4.78 is 0. The molecule has 2 rings (SSSR count). The average molecular weight is 184 g/mol. The van der Waals surface area contributed by atoms with E-state index in [4.69, 9.17) is 0 Å². The van der Waals surface area contributed by atoms with Crippen molar-refractivity contribution in [2.45, 2.75) is 18.1 Å². The van der Waals surface area contributed by atoms with Gasteiger partial charge in [0.05, 0.1) is 0 Å². The van der Waals surface area contributed by atoms with Crippen molar-refractivity contribution in [1.29, 1.82) is 0 Å². The summed E-state index contributed by atoms with van der Waals surface area (Å²) in [5.74, 6) is 0.662. The molecular formula is C12H13Al. The predicted octanol–water partition coefficient (Wildman–Crippen LogP) is 2.96. The van der Waals surface area contributed by atoms with Gasteiger partial charge in [-0.3, -0.25) is 0 Å². The first-order valence-electron chi connectivity index (χ1n) is 4.83. The first-order chi connectivity index (χ1) is 6.42. The molecular weight excluding hydrogens is 171 g/mol. The van der Waals surface area contributed by atoms with Crippen LogP contribution in [-0.4, -0.2) is 16.3 Å². The quantitative estimate of drug-likeness (QED) is 0.591. The summed E-state index contributed by atoms with van der Waals surface area (Å²) in [7, 11) is 0. The molecule has 0 atom stereocenters. The van der Waals surface area contributed by atoms with Crippen molar-refractivity contribution in [2.24, 2.45) is 5.92 Å². The molecule has 2 aliphatic rings. The monoisotopic (exact) mass is 184 g/mol. The third-order valence-corrected chi connectivity index (χ3v) is 3.20. The molecule has 0 saturated carbocycles. The molecule has 0 aromatic heterocycles. The van der Waals surface area contributed by atoms with Crippen LogP contribution < -0.4 is 0 Å². The SMILES string of the molecule is [Al][CH2]C(C1=CC=CC1)C1=CC=CC1. The van der Waals surface area contributed by atoms with E-state index in [1.807, 2.05) is 0 Å². The van der Waals surface area contributed by atoms with Crippen LogP contribution in [0.15, 0.2) is 47.6 Å². The van der Waals surface area contributed by atoms with Gasteiger partial charge in [-0.05, 0) is 18.8 Å². The zero-order valence-corrected chi connectivity index (χ0v) is 8.89. The smallest absolute Gasteiger partial charge is 0.108 e. The molecule has 0 nitrogen and oxygen atoms in total. The van der Waals surface area contributed by atoms with E-state index in [9.17, 15) is 0 Å². The average Bonchev–Trinajstić information content (AvgIpc) is 2.76. The topological polar surface area (TPSA) is 0 Å². The number of allylic oxidation sites excluding steroid dienone is 8. The first-order valence-corrected chi connectivity index (χ1v) is 5.64. The van der Waals surface area contributed by atoms with Crippen LogP contribution in [0.25, 0.3) is 0 Å². The van der Waals surface area contributed by atoms with Gasteiger partial charge < -0.3 is 0 Å². The molecule has 0 bridgehead atoms. The van der Waals surface area contributed by atoms with Crippen molar-refractivity contribution >= 4 is 16.3 Å². The minimum Gasteiger partial charge on any atom is -0.108 e. The molecule has 0 unspecified atom stereocenters. The highest BCUT2D eigenvalue weighted by Crippen LogP contribution is 2.32. The maximum atomic E-state index is 2.87. The largest absolute Gasteiger partial charge is 0.119 e. The minimum atomic E-state index is 0.662. The van der Waals surface area contributed by atoms with Crippen LogP contribution in [0, 0.1) is 5.92 Å². The fourth-order valence-corrected chi connectivity index (χ4v) is 2.59. The van der Waals surface area contributed by atoms with E-state index in [-0.39, 0.29) is 0 Å². The molecule has 0 spiro atoms. The molecule has 0 saturated heterocycles. The molecule has 0 fully saturated rings. The van der Waals surface area contributed by atoms with Gasteiger partial charge in [-0.1, -0.05) is 47.6 Å². The lowest BCUT2D eigenvalue weighted by molar-refractivity contribution is 0.766. The zero-order valence-electron chi connectivity index (χ0n) is 7.74. The highest BCUT2D eigenvalue weighted by molar-refractivity contribution is 6.09. The van der Waals surface area contributed by atoms with E-state index in [2.05, 4.69) is 52.7 Å². The second-order valence-corrected chi connectivity index (χ2v) is 4.01. The predicted molar refractivity (Wildman–Crippen MR) is 57.7 cm³/mol. The third kappa shape index (κ3) is 1.88. The second-order valence-electron chi connectivity index (χ2n) is 3.54. The Morgan fingerprint density at radius 1 is 1.08 bits per heavy atom. The molecule has 0 amide bonds. The van der Waals surface area contributed by atoms with Crippen molar-refractivity contribution in [1.82, 2.24) is 0 Å². The van der Waals surface area contributed by atoms with Crippen LogP contribution in [-0.2, 0) is 0 Å². The van der Waals surface area contributed by atoms with Crippen LogP contribution in [0.3, 0.4) is 0 Å². The molecule has 0 aliphatic heterocycles. The number of hydrogen-bond donors (Lipinski definition) is 0. The van der Waals surface area contributed by atoms with E-state index in [0.29, 0.717) is 5.92 Å². The molecule has 0 N–H and O–H groups in total. The maximum absolute atomic E-state index is 2.87. The van der Waals surface area contributed by atoms with E-state index in [0.717, 1.165) is 18.1 Å². The summed E-state index contributed by atoms with van der Waals surface area (Å²) in [6.07, 6.45) is 15.7. The fourth-order valence-electron chi connectivity index (χ4n) is 1.99. The van der Waals surface area contributed by atoms with Crippen LogP contribution in [0.4, 0.5) is 0 Å². The van der Waals surface area contributed by atoms with Crippen LogP contribution in [0.2, 0.25) is 5.28 Å². The number of hydrogen-bond acceptors (Lipinski definition) is 0. The van der Waals surface area contributed by atoms with Crippen LogP contribution in [0.1, 0.15) is 12.8 Å². The Balaban J connectivity index is 2.09. The van der Waals surface area contributed by atoms with Crippen molar-refractivity contribution in [3.05, 3.63) is 47.6 Å². The Kier molecular flexibility index (Phi) is 2.88. The van der Waals surface area contributed by atoms with Gasteiger partial charge >= 0.3 is 0 Å². The van der Waals surface area contributed by atoms with Gasteiger partial charge in [0.2, 0.25) is 0 Å². The van der Waals surface area contributed by atoms with Gasteiger partial charge in [-0.15, -0.1) is 5.28 Å². The van der Waals surface area contributed by atoms with Gasteiger partial charge in [0.25, 0.3) is 0 Å². The molecule has 1 heteroatoms. The summed E-state index contributed by atoms with van der Waals surface area (Å²) in [4.78, 5) is 0. The Hall–Kier alpha value is -0.508. The van der Waals surface area contributed by atoms with Gasteiger partial charge in [-0.25, -0.2) is 0 Å². The molecule has 2 aliphatic carbocycles. The lowest BCUT2D eigenvalue weighted by Crippen LogP contribution is -2.04. The summed E-state index contributed by atoms with van der Waals surface area (Å²) in [5, 5.41) is 1.15. The van der Waals surface area contributed by atoms with Gasteiger partial charge in [0.1, 0.15) is 16.3 Å². The Morgan fingerprint density at radius 2 is 1.62 bits per heavy atom. The van der Waals surface area contributed by atoms with Gasteiger partial charge in [0.15, 0.2) is 0 Å². The van der Waals surface area contributed by atoms with E-state index in [1.54, 1.807) is 11.1 Å². The van der Waals surface area contributed by atoms with Crippen molar-refractivity contribution in [2.75, 3.05) is 0 Å². The Morgan fingerprint density at radius 3 is 1.92 bits per heavy atom. The number of rotatable bonds is 3. The molecule has 0 aromatic rings. The maximum Gasteiger partial charge on any atom is 0.119 e. The van der Waals surface area contributed by atoms with Crippen molar-refractivity contribution < 1.29 is 0 Å². The zero-order chi connectivity index (χ0) is 9.10. The summed E-state index contributed by atoms with van der Waals surface area (Å²) in [6, 6.07) is 0. The Labute approximate surface area is 88.1 Å². The summed E-state index contributed by atoms with van der Waals surface area (Å²) in [5.41, 5.74) is 3.15. The molecule has 2 radical (unpaired) electrons.